The van der Waals surface area contributed by atoms with E-state index in [2.05, 4.69) is 20.9 Å². The Labute approximate surface area is 82.7 Å². The minimum Gasteiger partial charge on any atom is -0.445 e. The van der Waals surface area contributed by atoms with E-state index in [0.717, 1.165) is 15.4 Å². The molecule has 2 aromatic heterocycles. The molecule has 2 aromatic rings. The Morgan fingerprint density at radius 3 is 3.17 bits per heavy atom. The van der Waals surface area contributed by atoms with Crippen molar-refractivity contribution in [1.29, 1.82) is 0 Å². The highest BCUT2D eigenvalue weighted by Crippen LogP contribution is 2.25. The molecule has 0 aromatic carbocycles. The van der Waals surface area contributed by atoms with Crippen molar-refractivity contribution in [2.45, 2.75) is 5.88 Å². The molecule has 2 rings (SSSR count). The summed E-state index contributed by atoms with van der Waals surface area (Å²) in [5, 5.41) is 0.966. The number of hydrogen-bond acceptors (Lipinski definition) is 2. The maximum absolute atomic E-state index is 5.66. The van der Waals surface area contributed by atoms with Gasteiger partial charge in [-0.15, -0.1) is 11.6 Å². The minimum atomic E-state index is 0.473. The topological polar surface area (TPSA) is 26.0 Å². The van der Waals surface area contributed by atoms with Crippen LogP contribution in [0.5, 0.6) is 0 Å². The summed E-state index contributed by atoms with van der Waals surface area (Å²) in [7, 11) is 0. The second-order valence-electron chi connectivity index (χ2n) is 2.41. The minimum absolute atomic E-state index is 0.473. The SMILES string of the molecule is ClCc1cnc2occ(Br)c2c1. The van der Waals surface area contributed by atoms with Crippen molar-refractivity contribution in [2.24, 2.45) is 0 Å². The fraction of sp³-hybridized carbons (Fsp3) is 0.125. The molecule has 0 amide bonds. The molecule has 0 saturated carbocycles. The van der Waals surface area contributed by atoms with Gasteiger partial charge in [-0.25, -0.2) is 4.98 Å². The number of aromatic nitrogens is 1. The van der Waals surface area contributed by atoms with Gasteiger partial charge in [-0.1, -0.05) is 0 Å². The molecule has 0 saturated heterocycles. The number of alkyl halides is 1. The first-order chi connectivity index (χ1) is 5.81. The lowest BCUT2D eigenvalue weighted by Crippen LogP contribution is -1.79. The van der Waals surface area contributed by atoms with Crippen molar-refractivity contribution in [3.63, 3.8) is 0 Å². The van der Waals surface area contributed by atoms with Gasteiger partial charge >= 0.3 is 0 Å². The van der Waals surface area contributed by atoms with E-state index in [9.17, 15) is 0 Å². The second kappa shape index (κ2) is 3.07. The molecular weight excluding hydrogens is 241 g/mol. The van der Waals surface area contributed by atoms with Crippen LogP contribution in [0.15, 0.2) is 27.4 Å². The van der Waals surface area contributed by atoms with Crippen LogP contribution in [0.25, 0.3) is 11.1 Å². The van der Waals surface area contributed by atoms with Gasteiger partial charge in [-0.05, 0) is 27.6 Å². The summed E-state index contributed by atoms with van der Waals surface area (Å²) in [6, 6.07) is 1.96. The Balaban J connectivity index is 2.71. The van der Waals surface area contributed by atoms with E-state index in [1.54, 1.807) is 12.5 Å². The van der Waals surface area contributed by atoms with Crippen LogP contribution in [0, 0.1) is 0 Å². The van der Waals surface area contributed by atoms with E-state index in [-0.39, 0.29) is 0 Å². The van der Waals surface area contributed by atoms with E-state index in [0.29, 0.717) is 11.6 Å². The molecule has 2 heterocycles. The Bertz CT molecular complexity index is 412. The largest absolute Gasteiger partial charge is 0.445 e. The number of fused-ring (bicyclic) bond motifs is 1. The van der Waals surface area contributed by atoms with Crippen molar-refractivity contribution in [1.82, 2.24) is 4.98 Å². The highest BCUT2D eigenvalue weighted by atomic mass is 79.9. The zero-order valence-corrected chi connectivity index (χ0v) is 8.39. The fourth-order valence-corrected chi connectivity index (χ4v) is 1.53. The van der Waals surface area contributed by atoms with Crippen molar-refractivity contribution >= 4 is 38.6 Å². The number of halogens is 2. The molecule has 4 heteroatoms. The molecule has 0 aliphatic heterocycles. The Kier molecular flexibility index (Phi) is 2.07. The molecule has 12 heavy (non-hydrogen) atoms. The second-order valence-corrected chi connectivity index (χ2v) is 3.54. The van der Waals surface area contributed by atoms with Crippen molar-refractivity contribution in [3.8, 4) is 0 Å². The normalized spacial score (nSPS) is 10.8. The van der Waals surface area contributed by atoms with Gasteiger partial charge in [0, 0.05) is 12.1 Å². The number of hydrogen-bond donors (Lipinski definition) is 0. The molecule has 0 fully saturated rings. The van der Waals surface area contributed by atoms with Gasteiger partial charge in [-0.2, -0.15) is 0 Å². The smallest absolute Gasteiger partial charge is 0.227 e. The quantitative estimate of drug-likeness (QED) is 0.721. The molecule has 0 bridgehead atoms. The van der Waals surface area contributed by atoms with E-state index in [1.165, 1.54) is 0 Å². The van der Waals surface area contributed by atoms with E-state index < -0.39 is 0 Å². The summed E-state index contributed by atoms with van der Waals surface area (Å²) < 4.78 is 6.06. The molecule has 2 nitrogen and oxygen atoms in total. The average molecular weight is 246 g/mol. The van der Waals surface area contributed by atoms with Crippen LogP contribution in [0.1, 0.15) is 5.56 Å². The van der Waals surface area contributed by atoms with Crippen molar-refractivity contribution in [3.05, 3.63) is 28.6 Å². The zero-order chi connectivity index (χ0) is 8.55. The first-order valence-electron chi connectivity index (χ1n) is 3.39. The highest BCUT2D eigenvalue weighted by molar-refractivity contribution is 9.10. The van der Waals surface area contributed by atoms with Crippen molar-refractivity contribution in [2.75, 3.05) is 0 Å². The molecule has 0 N–H and O–H groups in total. The van der Waals surface area contributed by atoms with Gasteiger partial charge in [0.1, 0.15) is 6.26 Å². The number of rotatable bonds is 1. The fourth-order valence-electron chi connectivity index (χ4n) is 1.00. The van der Waals surface area contributed by atoms with Gasteiger partial charge < -0.3 is 4.42 Å². The summed E-state index contributed by atoms with van der Waals surface area (Å²) in [6.45, 7) is 0. The molecule has 0 aliphatic rings. The Morgan fingerprint density at radius 2 is 2.42 bits per heavy atom. The zero-order valence-electron chi connectivity index (χ0n) is 6.05. The Hall–Kier alpha value is -0.540. The Morgan fingerprint density at radius 1 is 1.58 bits per heavy atom. The lowest BCUT2D eigenvalue weighted by atomic mass is 10.2. The molecule has 0 aliphatic carbocycles. The van der Waals surface area contributed by atoms with Crippen LogP contribution in [-0.4, -0.2) is 4.98 Å². The van der Waals surface area contributed by atoms with Crippen LogP contribution >= 0.6 is 27.5 Å². The molecular formula is C8H5BrClNO. The lowest BCUT2D eigenvalue weighted by Gasteiger charge is -1.92. The molecule has 62 valence electrons. The molecule has 0 atom stereocenters. The summed E-state index contributed by atoms with van der Waals surface area (Å²) >= 11 is 9.01. The highest BCUT2D eigenvalue weighted by Gasteiger charge is 2.04. The van der Waals surface area contributed by atoms with Crippen LogP contribution < -0.4 is 0 Å². The first kappa shape index (κ1) is 8.08. The molecule has 0 spiro atoms. The predicted octanol–water partition coefficient (Wildman–Crippen LogP) is 3.33. The average Bonchev–Trinajstić information content (AvgIpc) is 2.47. The van der Waals surface area contributed by atoms with E-state index >= 15 is 0 Å². The maximum Gasteiger partial charge on any atom is 0.227 e. The molecule has 0 radical (unpaired) electrons. The lowest BCUT2D eigenvalue weighted by molar-refractivity contribution is 0.601. The maximum atomic E-state index is 5.66. The predicted molar refractivity (Wildman–Crippen MR) is 51.3 cm³/mol. The van der Waals surface area contributed by atoms with Gasteiger partial charge in [0.25, 0.3) is 0 Å². The molecule has 0 unspecified atom stereocenters. The summed E-state index contributed by atoms with van der Waals surface area (Å²) in [4.78, 5) is 4.09. The van der Waals surface area contributed by atoms with Crippen LogP contribution in [-0.2, 0) is 5.88 Å². The summed E-state index contributed by atoms with van der Waals surface area (Å²) in [5.41, 5.74) is 1.63. The van der Waals surface area contributed by atoms with Gasteiger partial charge in [0.05, 0.1) is 9.86 Å². The van der Waals surface area contributed by atoms with Gasteiger partial charge in [0.15, 0.2) is 0 Å². The number of furan rings is 1. The third kappa shape index (κ3) is 1.23. The number of nitrogens with zero attached hydrogens (tertiary/aromatic N) is 1. The van der Waals surface area contributed by atoms with E-state index in [1.807, 2.05) is 6.07 Å². The third-order valence-electron chi connectivity index (χ3n) is 1.59. The standard InChI is InChI=1S/C8H5BrClNO/c9-7-4-12-8-6(7)1-5(2-10)3-11-8/h1,3-4H,2H2. The van der Waals surface area contributed by atoms with Crippen molar-refractivity contribution < 1.29 is 4.42 Å². The first-order valence-corrected chi connectivity index (χ1v) is 4.71. The summed E-state index contributed by atoms with van der Waals surface area (Å²) in [5.74, 6) is 0.473. The van der Waals surface area contributed by atoms with Gasteiger partial charge in [-0.3, -0.25) is 0 Å². The van der Waals surface area contributed by atoms with Crippen LogP contribution in [0.2, 0.25) is 0 Å². The van der Waals surface area contributed by atoms with Crippen LogP contribution in [0.4, 0.5) is 0 Å². The number of pyridine rings is 1. The van der Waals surface area contributed by atoms with E-state index in [4.69, 9.17) is 16.0 Å². The van der Waals surface area contributed by atoms with Gasteiger partial charge in [0.2, 0.25) is 5.71 Å². The third-order valence-corrected chi connectivity index (χ3v) is 2.52. The summed E-state index contributed by atoms with van der Waals surface area (Å²) in [6.07, 6.45) is 3.33. The monoisotopic (exact) mass is 245 g/mol. The van der Waals surface area contributed by atoms with Crippen LogP contribution in [0.3, 0.4) is 0 Å².